The van der Waals surface area contributed by atoms with Crippen molar-refractivity contribution < 1.29 is 4.74 Å². The van der Waals surface area contributed by atoms with Gasteiger partial charge in [0.15, 0.2) is 0 Å². The fourth-order valence-corrected chi connectivity index (χ4v) is 2.83. The standard InChI is InChI=1S/C15H31NO/c1-12-7-6-8-13(9-12)10-17-11-14(16-5)15(2,3)4/h12-14,16H,6-11H2,1-5H3. The van der Waals surface area contributed by atoms with Gasteiger partial charge in [-0.05, 0) is 37.1 Å². The molecule has 0 aromatic carbocycles. The molecule has 1 aliphatic rings. The molecule has 1 fully saturated rings. The quantitative estimate of drug-likeness (QED) is 0.796. The third-order valence-corrected chi connectivity index (χ3v) is 4.08. The minimum Gasteiger partial charge on any atom is -0.380 e. The summed E-state index contributed by atoms with van der Waals surface area (Å²) in [7, 11) is 2.03. The summed E-state index contributed by atoms with van der Waals surface area (Å²) in [6.07, 6.45) is 5.53. The van der Waals surface area contributed by atoms with Crippen LogP contribution in [0.15, 0.2) is 0 Å². The zero-order valence-corrected chi connectivity index (χ0v) is 12.4. The van der Waals surface area contributed by atoms with Crippen LogP contribution < -0.4 is 5.32 Å². The summed E-state index contributed by atoms with van der Waals surface area (Å²) in [5.41, 5.74) is 0.272. The lowest BCUT2D eigenvalue weighted by Gasteiger charge is -2.32. The van der Waals surface area contributed by atoms with Gasteiger partial charge < -0.3 is 10.1 Å². The van der Waals surface area contributed by atoms with Crippen LogP contribution in [0.5, 0.6) is 0 Å². The van der Waals surface area contributed by atoms with Crippen LogP contribution in [0.2, 0.25) is 0 Å². The van der Waals surface area contributed by atoms with Crippen molar-refractivity contribution >= 4 is 0 Å². The van der Waals surface area contributed by atoms with E-state index in [4.69, 9.17) is 4.74 Å². The Kier molecular flexibility index (Phi) is 5.94. The van der Waals surface area contributed by atoms with Gasteiger partial charge in [-0.25, -0.2) is 0 Å². The first-order chi connectivity index (χ1) is 7.93. The van der Waals surface area contributed by atoms with Crippen molar-refractivity contribution in [3.8, 4) is 0 Å². The highest BCUT2D eigenvalue weighted by Crippen LogP contribution is 2.29. The van der Waals surface area contributed by atoms with E-state index in [0.717, 1.165) is 25.0 Å². The van der Waals surface area contributed by atoms with Gasteiger partial charge in [-0.15, -0.1) is 0 Å². The van der Waals surface area contributed by atoms with Gasteiger partial charge in [0.2, 0.25) is 0 Å². The van der Waals surface area contributed by atoms with Gasteiger partial charge in [0.25, 0.3) is 0 Å². The van der Waals surface area contributed by atoms with Crippen LogP contribution >= 0.6 is 0 Å². The third kappa shape index (κ3) is 5.39. The minimum atomic E-state index is 0.272. The second kappa shape index (κ2) is 6.75. The van der Waals surface area contributed by atoms with E-state index in [1.54, 1.807) is 0 Å². The van der Waals surface area contributed by atoms with Crippen LogP contribution in [0.3, 0.4) is 0 Å². The summed E-state index contributed by atoms with van der Waals surface area (Å²) in [6, 6.07) is 0.448. The molecule has 1 aliphatic carbocycles. The van der Waals surface area contributed by atoms with Crippen LogP contribution in [0.1, 0.15) is 53.4 Å². The van der Waals surface area contributed by atoms with Gasteiger partial charge in [0, 0.05) is 12.6 Å². The maximum absolute atomic E-state index is 5.94. The van der Waals surface area contributed by atoms with E-state index < -0.39 is 0 Å². The first-order valence-corrected chi connectivity index (χ1v) is 7.18. The molecule has 0 aromatic heterocycles. The lowest BCUT2D eigenvalue weighted by Crippen LogP contribution is -2.42. The zero-order chi connectivity index (χ0) is 12.9. The Hall–Kier alpha value is -0.0800. The van der Waals surface area contributed by atoms with Gasteiger partial charge in [0.05, 0.1) is 6.61 Å². The number of ether oxygens (including phenoxy) is 1. The highest BCUT2D eigenvalue weighted by Gasteiger charge is 2.24. The van der Waals surface area contributed by atoms with Crippen molar-refractivity contribution in [3.63, 3.8) is 0 Å². The Morgan fingerprint density at radius 3 is 2.53 bits per heavy atom. The fourth-order valence-electron chi connectivity index (χ4n) is 2.83. The lowest BCUT2D eigenvalue weighted by atomic mass is 9.83. The van der Waals surface area contributed by atoms with E-state index in [9.17, 15) is 0 Å². The topological polar surface area (TPSA) is 21.3 Å². The molecule has 2 heteroatoms. The third-order valence-electron chi connectivity index (χ3n) is 4.08. The molecule has 3 atom stereocenters. The van der Waals surface area contributed by atoms with E-state index >= 15 is 0 Å². The molecule has 17 heavy (non-hydrogen) atoms. The average molecular weight is 241 g/mol. The molecule has 102 valence electrons. The zero-order valence-electron chi connectivity index (χ0n) is 12.4. The molecule has 1 rings (SSSR count). The highest BCUT2D eigenvalue weighted by atomic mass is 16.5. The van der Waals surface area contributed by atoms with Crippen LogP contribution in [0.4, 0.5) is 0 Å². The predicted molar refractivity (Wildman–Crippen MR) is 74.2 cm³/mol. The fraction of sp³-hybridized carbons (Fsp3) is 1.00. The molecule has 2 nitrogen and oxygen atoms in total. The largest absolute Gasteiger partial charge is 0.380 e. The monoisotopic (exact) mass is 241 g/mol. The molecular weight excluding hydrogens is 210 g/mol. The van der Waals surface area contributed by atoms with Crippen LogP contribution in [-0.4, -0.2) is 26.3 Å². The number of likely N-dealkylation sites (N-methyl/N-ethyl adjacent to an activating group) is 1. The summed E-state index contributed by atoms with van der Waals surface area (Å²) in [6.45, 7) is 11.0. The summed E-state index contributed by atoms with van der Waals surface area (Å²) >= 11 is 0. The molecule has 0 saturated heterocycles. The predicted octanol–water partition coefficient (Wildman–Crippen LogP) is 3.46. The minimum absolute atomic E-state index is 0.272. The Morgan fingerprint density at radius 1 is 1.29 bits per heavy atom. The Bertz CT molecular complexity index is 209. The summed E-state index contributed by atoms with van der Waals surface area (Å²) < 4.78 is 5.94. The second-order valence-electron chi connectivity index (χ2n) is 6.88. The van der Waals surface area contributed by atoms with E-state index in [1.807, 2.05) is 7.05 Å². The first-order valence-electron chi connectivity index (χ1n) is 7.18. The molecule has 0 aromatic rings. The highest BCUT2D eigenvalue weighted by molar-refractivity contribution is 4.79. The molecule has 0 spiro atoms. The SMILES string of the molecule is CNC(COCC1CCCC(C)C1)C(C)(C)C. The number of rotatable bonds is 5. The smallest absolute Gasteiger partial charge is 0.0624 e. The average Bonchev–Trinajstić information content (AvgIpc) is 2.22. The molecule has 0 bridgehead atoms. The Balaban J connectivity index is 2.22. The lowest BCUT2D eigenvalue weighted by molar-refractivity contribution is 0.0419. The number of hydrogen-bond acceptors (Lipinski definition) is 2. The molecule has 1 N–H and O–H groups in total. The molecule has 1 saturated carbocycles. The summed E-state index contributed by atoms with van der Waals surface area (Å²) in [4.78, 5) is 0. The molecule has 0 heterocycles. The van der Waals surface area contributed by atoms with Crippen molar-refractivity contribution in [2.75, 3.05) is 20.3 Å². The second-order valence-corrected chi connectivity index (χ2v) is 6.88. The van der Waals surface area contributed by atoms with E-state index in [2.05, 4.69) is 33.0 Å². The van der Waals surface area contributed by atoms with E-state index in [-0.39, 0.29) is 5.41 Å². The van der Waals surface area contributed by atoms with Crippen molar-refractivity contribution in [1.82, 2.24) is 5.32 Å². The van der Waals surface area contributed by atoms with Crippen LogP contribution in [-0.2, 0) is 4.74 Å². The van der Waals surface area contributed by atoms with Crippen LogP contribution in [0, 0.1) is 17.3 Å². The Morgan fingerprint density at radius 2 is 2.00 bits per heavy atom. The number of hydrogen-bond donors (Lipinski definition) is 1. The van der Waals surface area contributed by atoms with E-state index in [1.165, 1.54) is 25.7 Å². The first kappa shape index (κ1) is 15.0. The van der Waals surface area contributed by atoms with Crippen LogP contribution in [0.25, 0.3) is 0 Å². The van der Waals surface area contributed by atoms with Gasteiger partial charge in [-0.2, -0.15) is 0 Å². The molecule has 0 aliphatic heterocycles. The van der Waals surface area contributed by atoms with Crippen molar-refractivity contribution in [3.05, 3.63) is 0 Å². The molecule has 0 radical (unpaired) electrons. The van der Waals surface area contributed by atoms with E-state index in [0.29, 0.717) is 6.04 Å². The summed E-state index contributed by atoms with van der Waals surface area (Å²) in [5, 5.41) is 3.36. The molecular formula is C15H31NO. The summed E-state index contributed by atoms with van der Waals surface area (Å²) in [5.74, 6) is 1.70. The van der Waals surface area contributed by atoms with Gasteiger partial charge in [-0.3, -0.25) is 0 Å². The normalized spacial score (nSPS) is 28.1. The van der Waals surface area contributed by atoms with Gasteiger partial charge >= 0.3 is 0 Å². The molecule has 3 unspecified atom stereocenters. The maximum atomic E-state index is 5.94. The molecule has 0 amide bonds. The van der Waals surface area contributed by atoms with Gasteiger partial charge in [0.1, 0.15) is 0 Å². The number of nitrogens with one attached hydrogen (secondary N) is 1. The Labute approximate surface area is 108 Å². The van der Waals surface area contributed by atoms with Crippen molar-refractivity contribution in [2.24, 2.45) is 17.3 Å². The van der Waals surface area contributed by atoms with Crippen molar-refractivity contribution in [2.45, 2.75) is 59.4 Å². The van der Waals surface area contributed by atoms with Crippen molar-refractivity contribution in [1.29, 1.82) is 0 Å². The maximum Gasteiger partial charge on any atom is 0.0624 e. The van der Waals surface area contributed by atoms with Gasteiger partial charge in [-0.1, -0.05) is 40.5 Å².